The lowest BCUT2D eigenvalue weighted by Crippen LogP contribution is -2.45. The molecule has 0 spiro atoms. The van der Waals surface area contributed by atoms with Crippen molar-refractivity contribution in [1.29, 1.82) is 0 Å². The van der Waals surface area contributed by atoms with Gasteiger partial charge < -0.3 is 10.2 Å². The summed E-state index contributed by atoms with van der Waals surface area (Å²) in [6, 6.07) is 14.8. The number of aliphatic hydroxyl groups is 2. The fraction of sp³-hybridized carbons (Fsp3) is 0.111. The zero-order valence-corrected chi connectivity index (χ0v) is 11.5. The summed E-state index contributed by atoms with van der Waals surface area (Å²) in [5.41, 5.74) is 0.372. The SMILES string of the molecule is O=C1c2c(ccc3c2ccc2ccccc23)C(=O)[C@H](O)[C@@H]1O. The maximum absolute atomic E-state index is 12.4. The van der Waals surface area contributed by atoms with E-state index in [2.05, 4.69) is 0 Å². The van der Waals surface area contributed by atoms with Gasteiger partial charge in [-0.05, 0) is 27.6 Å². The molecule has 22 heavy (non-hydrogen) atoms. The highest BCUT2D eigenvalue weighted by atomic mass is 16.3. The molecule has 1 aliphatic rings. The van der Waals surface area contributed by atoms with Crippen molar-refractivity contribution in [3.63, 3.8) is 0 Å². The Morgan fingerprint density at radius 2 is 1.36 bits per heavy atom. The Morgan fingerprint density at radius 3 is 2.18 bits per heavy atom. The summed E-state index contributed by atoms with van der Waals surface area (Å²) in [6.45, 7) is 0. The monoisotopic (exact) mass is 292 g/mol. The zero-order chi connectivity index (χ0) is 15.4. The van der Waals surface area contributed by atoms with Gasteiger partial charge in [-0.2, -0.15) is 0 Å². The first-order chi connectivity index (χ1) is 10.6. The Balaban J connectivity index is 2.15. The summed E-state index contributed by atoms with van der Waals surface area (Å²) in [7, 11) is 0. The number of carbonyl (C=O) groups is 2. The number of Topliss-reactive ketones (excluding diaryl/α,β-unsaturated/α-hetero) is 2. The molecule has 1 aliphatic carbocycles. The van der Waals surface area contributed by atoms with Crippen molar-refractivity contribution in [3.05, 3.63) is 59.7 Å². The van der Waals surface area contributed by atoms with Crippen LogP contribution < -0.4 is 0 Å². The van der Waals surface area contributed by atoms with Crippen molar-refractivity contribution < 1.29 is 19.8 Å². The Hall–Kier alpha value is -2.56. The van der Waals surface area contributed by atoms with Crippen molar-refractivity contribution in [3.8, 4) is 0 Å². The highest BCUT2D eigenvalue weighted by Gasteiger charge is 2.40. The van der Waals surface area contributed by atoms with Gasteiger partial charge in [-0.1, -0.05) is 42.5 Å². The molecule has 0 bridgehead atoms. The highest BCUT2D eigenvalue weighted by Crippen LogP contribution is 2.33. The number of carbonyl (C=O) groups excluding carboxylic acids is 2. The van der Waals surface area contributed by atoms with Crippen LogP contribution in [0, 0.1) is 0 Å². The minimum atomic E-state index is -1.70. The molecule has 4 heteroatoms. The van der Waals surface area contributed by atoms with Crippen molar-refractivity contribution in [1.82, 2.24) is 0 Å². The molecular weight excluding hydrogens is 280 g/mol. The van der Waals surface area contributed by atoms with Crippen molar-refractivity contribution >= 4 is 33.1 Å². The number of benzene rings is 3. The van der Waals surface area contributed by atoms with E-state index in [1.807, 2.05) is 30.3 Å². The van der Waals surface area contributed by atoms with Crippen LogP contribution in [-0.4, -0.2) is 34.0 Å². The summed E-state index contributed by atoms with van der Waals surface area (Å²) in [5.74, 6) is -1.22. The largest absolute Gasteiger partial charge is 0.382 e. The normalized spacial score (nSPS) is 21.4. The van der Waals surface area contributed by atoms with E-state index < -0.39 is 23.8 Å². The number of ketones is 2. The van der Waals surface area contributed by atoms with Crippen molar-refractivity contribution in [2.45, 2.75) is 12.2 Å². The van der Waals surface area contributed by atoms with Crippen LogP contribution in [0.4, 0.5) is 0 Å². The topological polar surface area (TPSA) is 74.6 Å². The van der Waals surface area contributed by atoms with Gasteiger partial charge in [0.25, 0.3) is 0 Å². The van der Waals surface area contributed by atoms with Crippen LogP contribution in [0.5, 0.6) is 0 Å². The average molecular weight is 292 g/mol. The van der Waals surface area contributed by atoms with E-state index in [0.717, 1.165) is 16.2 Å². The minimum Gasteiger partial charge on any atom is -0.382 e. The molecule has 0 radical (unpaired) electrons. The molecule has 2 N–H and O–H groups in total. The van der Waals surface area contributed by atoms with Gasteiger partial charge in [0.1, 0.15) is 0 Å². The first-order valence-corrected chi connectivity index (χ1v) is 6.98. The predicted molar refractivity (Wildman–Crippen MR) is 82.1 cm³/mol. The molecule has 3 aromatic rings. The maximum Gasteiger partial charge on any atom is 0.195 e. The van der Waals surface area contributed by atoms with Gasteiger partial charge >= 0.3 is 0 Å². The van der Waals surface area contributed by atoms with Crippen molar-refractivity contribution in [2.24, 2.45) is 0 Å². The molecule has 0 amide bonds. The van der Waals surface area contributed by atoms with Gasteiger partial charge in [-0.3, -0.25) is 9.59 Å². The lowest BCUT2D eigenvalue weighted by molar-refractivity contribution is 0.0185. The molecule has 0 aliphatic heterocycles. The quantitative estimate of drug-likeness (QED) is 0.622. The molecule has 0 unspecified atom stereocenters. The molecule has 0 saturated heterocycles. The number of hydrogen-bond donors (Lipinski definition) is 2. The first kappa shape index (κ1) is 13.1. The second kappa shape index (κ2) is 4.47. The third kappa shape index (κ3) is 1.59. The standard InChI is InChI=1S/C18H12O4/c19-15-13-8-7-11-10-4-2-1-3-9(10)5-6-12(11)14(13)16(20)18(22)17(15)21/h1-8,17-18,21-22H/t17-,18+/m0/s1. The van der Waals surface area contributed by atoms with E-state index in [-0.39, 0.29) is 11.1 Å². The Kier molecular flexibility index (Phi) is 2.66. The fourth-order valence-corrected chi connectivity index (χ4v) is 3.15. The molecule has 108 valence electrons. The van der Waals surface area contributed by atoms with E-state index >= 15 is 0 Å². The molecular formula is C18H12O4. The predicted octanol–water partition coefficient (Wildman–Crippen LogP) is 2.09. The summed E-state index contributed by atoms with van der Waals surface area (Å²) in [4.78, 5) is 24.5. The van der Waals surface area contributed by atoms with E-state index in [9.17, 15) is 19.8 Å². The molecule has 2 atom stereocenters. The second-order valence-electron chi connectivity index (χ2n) is 5.49. The van der Waals surface area contributed by atoms with Crippen LogP contribution in [0.1, 0.15) is 20.7 Å². The molecule has 0 heterocycles. The Labute approximate surface area is 125 Å². The number of aliphatic hydroxyl groups excluding tert-OH is 2. The third-order valence-electron chi connectivity index (χ3n) is 4.27. The number of rotatable bonds is 0. The van der Waals surface area contributed by atoms with Crippen LogP contribution in [0.3, 0.4) is 0 Å². The molecule has 0 saturated carbocycles. The lowest BCUT2D eigenvalue weighted by Gasteiger charge is -2.24. The Bertz CT molecular complexity index is 958. The van der Waals surface area contributed by atoms with Gasteiger partial charge in [-0.15, -0.1) is 0 Å². The van der Waals surface area contributed by atoms with Crippen LogP contribution in [-0.2, 0) is 0 Å². The first-order valence-electron chi connectivity index (χ1n) is 6.98. The van der Waals surface area contributed by atoms with Gasteiger partial charge in [0.15, 0.2) is 23.8 Å². The molecule has 4 nitrogen and oxygen atoms in total. The molecule has 0 fully saturated rings. The lowest BCUT2D eigenvalue weighted by atomic mass is 9.82. The van der Waals surface area contributed by atoms with Crippen LogP contribution >= 0.6 is 0 Å². The van der Waals surface area contributed by atoms with E-state index in [1.54, 1.807) is 18.2 Å². The van der Waals surface area contributed by atoms with E-state index in [1.165, 1.54) is 0 Å². The van der Waals surface area contributed by atoms with E-state index in [4.69, 9.17) is 0 Å². The maximum atomic E-state index is 12.4. The molecule has 3 aromatic carbocycles. The number of fused-ring (bicyclic) bond motifs is 5. The minimum absolute atomic E-state index is 0.172. The van der Waals surface area contributed by atoms with Gasteiger partial charge in [0.05, 0.1) is 0 Å². The summed E-state index contributed by atoms with van der Waals surface area (Å²) >= 11 is 0. The highest BCUT2D eigenvalue weighted by molar-refractivity contribution is 6.25. The second-order valence-corrected chi connectivity index (χ2v) is 5.49. The van der Waals surface area contributed by atoms with Crippen LogP contribution in [0.25, 0.3) is 21.5 Å². The molecule has 0 aromatic heterocycles. The summed E-state index contributed by atoms with van der Waals surface area (Å²) in [6.07, 6.45) is -3.38. The molecule has 4 rings (SSSR count). The van der Waals surface area contributed by atoms with Gasteiger partial charge in [-0.25, -0.2) is 0 Å². The smallest absolute Gasteiger partial charge is 0.195 e. The number of hydrogen-bond acceptors (Lipinski definition) is 4. The fourth-order valence-electron chi connectivity index (χ4n) is 3.15. The zero-order valence-electron chi connectivity index (χ0n) is 11.5. The van der Waals surface area contributed by atoms with Gasteiger partial charge in [0, 0.05) is 11.1 Å². The van der Waals surface area contributed by atoms with Gasteiger partial charge in [0.2, 0.25) is 0 Å². The van der Waals surface area contributed by atoms with Crippen LogP contribution in [0.15, 0.2) is 48.5 Å². The van der Waals surface area contributed by atoms with Crippen LogP contribution in [0.2, 0.25) is 0 Å². The average Bonchev–Trinajstić information content (AvgIpc) is 2.56. The summed E-state index contributed by atoms with van der Waals surface area (Å²) in [5, 5.41) is 23.0. The Morgan fingerprint density at radius 1 is 0.682 bits per heavy atom. The summed E-state index contributed by atoms with van der Waals surface area (Å²) < 4.78 is 0. The third-order valence-corrected chi connectivity index (χ3v) is 4.27. The van der Waals surface area contributed by atoms with E-state index in [0.29, 0.717) is 5.39 Å². The van der Waals surface area contributed by atoms with Crippen molar-refractivity contribution in [2.75, 3.05) is 0 Å².